The molecule has 0 unspecified atom stereocenters. The van der Waals surface area contributed by atoms with Crippen LogP contribution in [0.1, 0.15) is 66.6 Å². The second-order valence-electron chi connectivity index (χ2n) is 10.8. The van der Waals surface area contributed by atoms with Crippen LogP contribution in [0.4, 0.5) is 0 Å². The van der Waals surface area contributed by atoms with Gasteiger partial charge in [-0.2, -0.15) is 0 Å². The molecule has 6 rings (SSSR count). The molecule has 0 amide bonds. The van der Waals surface area contributed by atoms with Gasteiger partial charge in [-0.15, -0.1) is 0 Å². The summed E-state index contributed by atoms with van der Waals surface area (Å²) in [7, 11) is 1.88. The second kappa shape index (κ2) is 7.40. The Morgan fingerprint density at radius 3 is 2.09 bits per heavy atom. The average Bonchev–Trinajstić information content (AvgIpc) is 3.43. The first kappa shape index (κ1) is 16.4. The molecule has 2 aliphatic rings. The van der Waals surface area contributed by atoms with Crippen molar-refractivity contribution in [2.75, 3.05) is 0 Å². The summed E-state index contributed by atoms with van der Waals surface area (Å²) >= 11 is 0. The molecule has 0 aliphatic heterocycles. The molecule has 1 heterocycles. The maximum atomic E-state index is 9.12. The highest BCUT2D eigenvalue weighted by atomic mass is 14.9. The van der Waals surface area contributed by atoms with Crippen LogP contribution in [0.2, 0.25) is 0 Å². The van der Waals surface area contributed by atoms with Crippen molar-refractivity contribution in [2.24, 2.45) is 12.5 Å². The summed E-state index contributed by atoms with van der Waals surface area (Å²) in [5.74, 6) is 0. The van der Waals surface area contributed by atoms with Gasteiger partial charge in [0.15, 0.2) is 6.20 Å². The monoisotopic (exact) mass is 449 g/mol. The van der Waals surface area contributed by atoms with E-state index in [4.69, 9.17) is 6.85 Å². The van der Waals surface area contributed by atoms with E-state index in [9.17, 15) is 0 Å². The Bertz CT molecular complexity index is 1670. The highest BCUT2D eigenvalue weighted by Gasteiger charge is 2.35. The normalized spacial score (nSPS) is 16.4. The molecule has 1 aromatic heterocycles. The summed E-state index contributed by atoms with van der Waals surface area (Å²) in [6, 6.07) is 19.0. The van der Waals surface area contributed by atoms with Gasteiger partial charge in [0.05, 0.1) is 5.56 Å². The van der Waals surface area contributed by atoms with Crippen LogP contribution >= 0.6 is 0 Å². The van der Waals surface area contributed by atoms with E-state index in [1.807, 2.05) is 38.5 Å². The molecule has 0 fully saturated rings. The molecule has 4 aromatic rings. The molecule has 3 aromatic carbocycles. The first-order valence-electron chi connectivity index (χ1n) is 14.6. The molecule has 34 heavy (non-hydrogen) atoms. The third-order valence-electron chi connectivity index (χ3n) is 7.32. The van der Waals surface area contributed by atoms with Gasteiger partial charge in [0.25, 0.3) is 0 Å². The lowest BCUT2D eigenvalue weighted by Gasteiger charge is -2.21. The van der Waals surface area contributed by atoms with E-state index in [0.717, 1.165) is 29.7 Å². The van der Waals surface area contributed by atoms with Gasteiger partial charge in [-0.25, -0.2) is 4.57 Å². The van der Waals surface area contributed by atoms with E-state index in [0.29, 0.717) is 0 Å². The zero-order valence-corrected chi connectivity index (χ0v) is 20.6. The Morgan fingerprint density at radius 2 is 1.47 bits per heavy atom. The van der Waals surface area contributed by atoms with Crippen molar-refractivity contribution in [1.82, 2.24) is 0 Å². The Labute approximate surface area is 211 Å². The van der Waals surface area contributed by atoms with Gasteiger partial charge in [-0.3, -0.25) is 0 Å². The van der Waals surface area contributed by atoms with E-state index < -0.39 is 18.6 Å². The Hall–Kier alpha value is -3.19. The Morgan fingerprint density at radius 1 is 0.882 bits per heavy atom. The maximum Gasteiger partial charge on any atom is 0.213 e. The minimum absolute atomic E-state index is 0.0647. The fraction of sp³-hybridized carbons (Fsp3) is 0.303. The first-order valence-corrected chi connectivity index (χ1v) is 12.1. The molecular formula is C33H34N+. The summed E-state index contributed by atoms with van der Waals surface area (Å²) in [5.41, 5.74) is 12.9. The van der Waals surface area contributed by atoms with Gasteiger partial charge in [-0.05, 0) is 94.0 Å². The molecule has 0 bridgehead atoms. The van der Waals surface area contributed by atoms with Gasteiger partial charge in [0, 0.05) is 18.5 Å². The number of aryl methyl sites for hydroxylation is 2. The summed E-state index contributed by atoms with van der Waals surface area (Å²) in [6.45, 7) is 5.22. The summed E-state index contributed by atoms with van der Waals surface area (Å²) in [4.78, 5) is 0. The third kappa shape index (κ3) is 3.17. The standard InChI is InChI=1S/C33H34N/c1-20-19-34(6)29(17-24(20)18-33(3,4)5)31-21(2)30-25-13-9-7-11-22(25)15-27(30)28-16-23-12-8-10-14-26(23)32(28)31/h7-14,17,19H,15-16,18H2,1-6H3/q+1/i1D3,18D2. The Balaban J connectivity index is 1.74. The molecule has 170 valence electrons. The van der Waals surface area contributed by atoms with E-state index in [-0.39, 0.29) is 11.1 Å². The summed E-state index contributed by atoms with van der Waals surface area (Å²) in [5, 5.41) is 0. The van der Waals surface area contributed by atoms with Crippen molar-refractivity contribution in [3.8, 4) is 33.5 Å². The van der Waals surface area contributed by atoms with E-state index in [1.54, 1.807) is 6.20 Å². The van der Waals surface area contributed by atoms with Gasteiger partial charge in [0.2, 0.25) is 5.69 Å². The highest BCUT2D eigenvalue weighted by Crippen LogP contribution is 2.52. The van der Waals surface area contributed by atoms with E-state index >= 15 is 0 Å². The van der Waals surface area contributed by atoms with E-state index in [2.05, 4.69) is 55.5 Å². The van der Waals surface area contributed by atoms with Crippen LogP contribution in [-0.4, -0.2) is 0 Å². The van der Waals surface area contributed by atoms with Gasteiger partial charge >= 0.3 is 0 Å². The van der Waals surface area contributed by atoms with Gasteiger partial charge in [0.1, 0.15) is 7.05 Å². The second-order valence-corrected chi connectivity index (χ2v) is 10.8. The van der Waals surface area contributed by atoms with Gasteiger partial charge in [-0.1, -0.05) is 69.3 Å². The fourth-order valence-corrected chi connectivity index (χ4v) is 5.99. The van der Waals surface area contributed by atoms with Crippen molar-refractivity contribution in [3.05, 3.63) is 99.7 Å². The topological polar surface area (TPSA) is 3.88 Å². The van der Waals surface area contributed by atoms with Crippen molar-refractivity contribution >= 4 is 0 Å². The number of hydrogen-bond acceptors (Lipinski definition) is 0. The molecule has 1 heteroatoms. The number of hydrogen-bond donors (Lipinski definition) is 0. The lowest BCUT2D eigenvalue weighted by Crippen LogP contribution is -2.32. The number of nitrogens with zero attached hydrogens (tertiary/aromatic N) is 1. The molecule has 1 nitrogen and oxygen atoms in total. The predicted molar refractivity (Wildman–Crippen MR) is 142 cm³/mol. The van der Waals surface area contributed by atoms with Crippen LogP contribution in [0.25, 0.3) is 33.5 Å². The molecule has 0 saturated carbocycles. The molecule has 0 radical (unpaired) electrons. The van der Waals surface area contributed by atoms with Crippen molar-refractivity contribution < 1.29 is 11.4 Å². The van der Waals surface area contributed by atoms with Crippen LogP contribution in [0, 0.1) is 19.2 Å². The number of benzene rings is 3. The number of pyridine rings is 1. The predicted octanol–water partition coefficient (Wildman–Crippen LogP) is 7.53. The summed E-state index contributed by atoms with van der Waals surface area (Å²) in [6.07, 6.45) is 1.54. The lowest BCUT2D eigenvalue weighted by atomic mass is 9.83. The van der Waals surface area contributed by atoms with Crippen LogP contribution < -0.4 is 4.57 Å². The number of aromatic nitrogens is 1. The van der Waals surface area contributed by atoms with Crippen molar-refractivity contribution in [2.45, 2.75) is 53.8 Å². The van der Waals surface area contributed by atoms with Crippen LogP contribution in [-0.2, 0) is 26.3 Å². The first-order chi connectivity index (χ1) is 18.2. The molecule has 0 atom stereocenters. The van der Waals surface area contributed by atoms with Crippen LogP contribution in [0.5, 0.6) is 0 Å². The maximum absolute atomic E-state index is 9.12. The van der Waals surface area contributed by atoms with E-state index in [1.165, 1.54) is 44.5 Å². The van der Waals surface area contributed by atoms with Crippen molar-refractivity contribution in [3.63, 3.8) is 0 Å². The lowest BCUT2D eigenvalue weighted by molar-refractivity contribution is -0.660. The SMILES string of the molecule is [2H]C([2H])([2H])c1c[n+](C)c(-c2c(C)c3c(c4c2-c2ccccc2C4)Cc2ccccc2-3)cc1C([2H])([2H])C(C)(C)C. The fourth-order valence-electron chi connectivity index (χ4n) is 5.99. The molecule has 2 aliphatic carbocycles. The smallest absolute Gasteiger partial charge is 0.201 e. The zero-order chi connectivity index (χ0) is 28.1. The molecule has 0 spiro atoms. The quantitative estimate of drug-likeness (QED) is 0.241. The van der Waals surface area contributed by atoms with Crippen LogP contribution in [0.3, 0.4) is 0 Å². The Kier molecular flexibility index (Phi) is 3.58. The number of rotatable bonds is 2. The minimum atomic E-state index is -2.44. The third-order valence-corrected chi connectivity index (χ3v) is 7.32. The largest absolute Gasteiger partial charge is 0.213 e. The molecular weight excluding hydrogens is 410 g/mol. The summed E-state index contributed by atoms with van der Waals surface area (Å²) < 4.78 is 44.9. The highest BCUT2D eigenvalue weighted by molar-refractivity contribution is 5.98. The molecule has 0 saturated heterocycles. The van der Waals surface area contributed by atoms with Crippen LogP contribution in [0.15, 0.2) is 60.8 Å². The number of fused-ring (bicyclic) bond motifs is 7. The van der Waals surface area contributed by atoms with Gasteiger partial charge < -0.3 is 0 Å². The zero-order valence-electron chi connectivity index (χ0n) is 25.6. The van der Waals surface area contributed by atoms with Crippen molar-refractivity contribution in [1.29, 1.82) is 0 Å². The molecule has 0 N–H and O–H groups in total. The minimum Gasteiger partial charge on any atom is -0.201 e. The average molecular weight is 450 g/mol.